The van der Waals surface area contributed by atoms with Crippen LogP contribution in [0.1, 0.15) is 25.5 Å². The number of fused-ring (bicyclic) bond motifs is 1. The maximum Gasteiger partial charge on any atom is 0.307 e. The molecule has 0 radical (unpaired) electrons. The first-order valence-corrected chi connectivity index (χ1v) is 5.14. The fourth-order valence-corrected chi connectivity index (χ4v) is 1.71. The molecule has 1 heterocycles. The van der Waals surface area contributed by atoms with E-state index in [1.807, 2.05) is 26.0 Å². The van der Waals surface area contributed by atoms with Gasteiger partial charge in [-0.15, -0.1) is 5.10 Å². The predicted molar refractivity (Wildman–Crippen MR) is 59.3 cm³/mol. The van der Waals surface area contributed by atoms with Crippen molar-refractivity contribution in [2.75, 3.05) is 0 Å². The van der Waals surface area contributed by atoms with Gasteiger partial charge in [-0.2, -0.15) is 0 Å². The van der Waals surface area contributed by atoms with Crippen molar-refractivity contribution < 1.29 is 9.90 Å². The highest BCUT2D eigenvalue weighted by Crippen LogP contribution is 2.19. The average molecular weight is 219 g/mol. The van der Waals surface area contributed by atoms with Crippen LogP contribution in [-0.4, -0.2) is 26.1 Å². The van der Waals surface area contributed by atoms with Gasteiger partial charge < -0.3 is 5.11 Å². The summed E-state index contributed by atoms with van der Waals surface area (Å²) in [6.07, 6.45) is -0.0197. The molecule has 1 aromatic heterocycles. The number of nitrogens with zero attached hydrogens (tertiary/aromatic N) is 3. The zero-order valence-electron chi connectivity index (χ0n) is 9.21. The molecule has 1 aromatic carbocycles. The minimum atomic E-state index is -0.855. The average Bonchev–Trinajstić information content (AvgIpc) is 2.61. The Labute approximate surface area is 92.7 Å². The van der Waals surface area contributed by atoms with E-state index in [1.165, 1.54) is 0 Å². The van der Waals surface area contributed by atoms with E-state index >= 15 is 0 Å². The monoisotopic (exact) mass is 219 g/mol. The molecule has 0 aliphatic carbocycles. The molecule has 0 unspecified atom stereocenters. The summed E-state index contributed by atoms with van der Waals surface area (Å²) in [4.78, 5) is 10.7. The van der Waals surface area contributed by atoms with E-state index < -0.39 is 5.97 Å². The standard InChI is InChI=1S/C11H13N3O2/c1-7(2)14-9-5-3-4-8(6-10(15)16)11(9)12-13-14/h3-5,7H,6H2,1-2H3,(H,15,16). The van der Waals surface area contributed by atoms with Crippen LogP contribution >= 0.6 is 0 Å². The second-order valence-corrected chi connectivity index (χ2v) is 3.98. The second-order valence-electron chi connectivity index (χ2n) is 3.98. The van der Waals surface area contributed by atoms with E-state index in [0.29, 0.717) is 11.1 Å². The molecule has 0 aliphatic rings. The van der Waals surface area contributed by atoms with Crippen LogP contribution in [0.15, 0.2) is 18.2 Å². The minimum absolute atomic E-state index is 0.0197. The minimum Gasteiger partial charge on any atom is -0.481 e. The third kappa shape index (κ3) is 1.76. The summed E-state index contributed by atoms with van der Waals surface area (Å²) in [6.45, 7) is 4.02. The van der Waals surface area contributed by atoms with Crippen LogP contribution in [0.25, 0.3) is 11.0 Å². The van der Waals surface area contributed by atoms with Crippen LogP contribution in [0.3, 0.4) is 0 Å². The quantitative estimate of drug-likeness (QED) is 0.852. The van der Waals surface area contributed by atoms with Crippen molar-refractivity contribution in [1.82, 2.24) is 15.0 Å². The van der Waals surface area contributed by atoms with Gasteiger partial charge in [0, 0.05) is 6.04 Å². The summed E-state index contributed by atoms with van der Waals surface area (Å²) < 4.78 is 1.79. The molecule has 0 amide bonds. The van der Waals surface area contributed by atoms with Crippen LogP contribution in [-0.2, 0) is 11.2 Å². The zero-order chi connectivity index (χ0) is 11.7. The number of carbonyl (C=O) groups is 1. The first-order valence-electron chi connectivity index (χ1n) is 5.14. The fraction of sp³-hybridized carbons (Fsp3) is 0.364. The van der Waals surface area contributed by atoms with Crippen LogP contribution in [0.2, 0.25) is 0 Å². The van der Waals surface area contributed by atoms with E-state index in [0.717, 1.165) is 5.52 Å². The Hall–Kier alpha value is -1.91. The van der Waals surface area contributed by atoms with Gasteiger partial charge in [0.1, 0.15) is 5.52 Å². The lowest BCUT2D eigenvalue weighted by molar-refractivity contribution is -0.136. The van der Waals surface area contributed by atoms with Gasteiger partial charge in [0.05, 0.1) is 11.9 Å². The summed E-state index contributed by atoms with van der Waals surface area (Å²) >= 11 is 0. The number of rotatable bonds is 3. The fourth-order valence-electron chi connectivity index (χ4n) is 1.71. The predicted octanol–water partition coefficient (Wildman–Crippen LogP) is 1.64. The van der Waals surface area contributed by atoms with E-state index in [-0.39, 0.29) is 12.5 Å². The van der Waals surface area contributed by atoms with Crippen molar-refractivity contribution in [3.8, 4) is 0 Å². The molecule has 84 valence electrons. The molecule has 1 N–H and O–H groups in total. The van der Waals surface area contributed by atoms with Crippen LogP contribution in [0.4, 0.5) is 0 Å². The van der Waals surface area contributed by atoms with Gasteiger partial charge in [-0.1, -0.05) is 17.3 Å². The van der Waals surface area contributed by atoms with Gasteiger partial charge in [0.25, 0.3) is 0 Å². The second kappa shape index (κ2) is 3.92. The molecule has 5 nitrogen and oxygen atoms in total. The summed E-state index contributed by atoms with van der Waals surface area (Å²) in [5.74, 6) is -0.855. The van der Waals surface area contributed by atoms with Crippen molar-refractivity contribution in [3.05, 3.63) is 23.8 Å². The van der Waals surface area contributed by atoms with Crippen molar-refractivity contribution in [1.29, 1.82) is 0 Å². The lowest BCUT2D eigenvalue weighted by atomic mass is 10.1. The molecule has 5 heteroatoms. The number of carboxylic acids is 1. The lowest BCUT2D eigenvalue weighted by Gasteiger charge is -2.05. The number of aromatic nitrogens is 3. The highest BCUT2D eigenvalue weighted by atomic mass is 16.4. The molecule has 0 bridgehead atoms. The Morgan fingerprint density at radius 1 is 1.50 bits per heavy atom. The Balaban J connectivity index is 2.57. The maximum absolute atomic E-state index is 10.7. The number of benzene rings is 1. The topological polar surface area (TPSA) is 68.0 Å². The van der Waals surface area contributed by atoms with Gasteiger partial charge in [0.2, 0.25) is 0 Å². The molecule has 0 aliphatic heterocycles. The Morgan fingerprint density at radius 2 is 2.25 bits per heavy atom. The Morgan fingerprint density at radius 3 is 2.88 bits per heavy atom. The Kier molecular flexibility index (Phi) is 2.60. The van der Waals surface area contributed by atoms with Crippen LogP contribution in [0.5, 0.6) is 0 Å². The molecule has 2 aromatic rings. The van der Waals surface area contributed by atoms with Crippen molar-refractivity contribution in [3.63, 3.8) is 0 Å². The van der Waals surface area contributed by atoms with Crippen molar-refractivity contribution in [2.45, 2.75) is 26.3 Å². The molecule has 2 rings (SSSR count). The smallest absolute Gasteiger partial charge is 0.307 e. The molecule has 0 atom stereocenters. The molecule has 0 saturated heterocycles. The first-order chi connectivity index (χ1) is 7.59. The molecular weight excluding hydrogens is 206 g/mol. The zero-order valence-corrected chi connectivity index (χ0v) is 9.21. The summed E-state index contributed by atoms with van der Waals surface area (Å²) in [5.41, 5.74) is 2.27. The number of hydrogen-bond acceptors (Lipinski definition) is 3. The molecule has 0 fully saturated rings. The Bertz CT molecular complexity index is 531. The highest BCUT2D eigenvalue weighted by molar-refractivity contribution is 5.83. The highest BCUT2D eigenvalue weighted by Gasteiger charge is 2.12. The van der Waals surface area contributed by atoms with Crippen molar-refractivity contribution >= 4 is 17.0 Å². The summed E-state index contributed by atoms with van der Waals surface area (Å²) in [6, 6.07) is 5.73. The van der Waals surface area contributed by atoms with Gasteiger partial charge in [-0.05, 0) is 25.5 Å². The number of aliphatic carboxylic acids is 1. The van der Waals surface area contributed by atoms with Gasteiger partial charge >= 0.3 is 5.97 Å². The third-order valence-corrected chi connectivity index (χ3v) is 2.42. The summed E-state index contributed by atoms with van der Waals surface area (Å²) in [5, 5.41) is 16.9. The molecule has 0 spiro atoms. The normalized spacial score (nSPS) is 11.2. The lowest BCUT2D eigenvalue weighted by Crippen LogP contribution is -2.03. The SMILES string of the molecule is CC(C)n1nnc2c(CC(=O)O)cccc21. The van der Waals surface area contributed by atoms with E-state index in [4.69, 9.17) is 5.11 Å². The van der Waals surface area contributed by atoms with E-state index in [1.54, 1.807) is 10.7 Å². The van der Waals surface area contributed by atoms with E-state index in [2.05, 4.69) is 10.3 Å². The third-order valence-electron chi connectivity index (χ3n) is 2.42. The number of hydrogen-bond donors (Lipinski definition) is 1. The molecule has 16 heavy (non-hydrogen) atoms. The summed E-state index contributed by atoms with van der Waals surface area (Å²) in [7, 11) is 0. The van der Waals surface area contributed by atoms with Gasteiger partial charge in [0.15, 0.2) is 0 Å². The van der Waals surface area contributed by atoms with Crippen molar-refractivity contribution in [2.24, 2.45) is 0 Å². The van der Waals surface area contributed by atoms with Crippen LogP contribution in [0, 0.1) is 0 Å². The number of carboxylic acid groups (broad SMARTS) is 1. The van der Waals surface area contributed by atoms with Gasteiger partial charge in [-0.25, -0.2) is 4.68 Å². The first kappa shape index (κ1) is 10.6. The van der Waals surface area contributed by atoms with Crippen LogP contribution < -0.4 is 0 Å². The maximum atomic E-state index is 10.7. The molecular formula is C11H13N3O2. The van der Waals surface area contributed by atoms with Gasteiger partial charge in [-0.3, -0.25) is 4.79 Å². The van der Waals surface area contributed by atoms with E-state index in [9.17, 15) is 4.79 Å². The largest absolute Gasteiger partial charge is 0.481 e. The molecule has 0 saturated carbocycles.